The minimum Gasteiger partial charge on any atom is -0.493 e. The Morgan fingerprint density at radius 3 is 2.67 bits per heavy atom. The summed E-state index contributed by atoms with van der Waals surface area (Å²) in [5, 5.41) is 5.11. The highest BCUT2D eigenvalue weighted by Crippen LogP contribution is 2.32. The highest BCUT2D eigenvalue weighted by Gasteiger charge is 2.11. The summed E-state index contributed by atoms with van der Waals surface area (Å²) in [6.07, 6.45) is 1.50. The molecule has 0 aliphatic carbocycles. The number of carbonyl (C=O) groups is 1. The molecule has 30 heavy (non-hydrogen) atoms. The third kappa shape index (κ3) is 5.75. The standard InChI is InChI=1S/C22H17BrCl2N2O3/c1-29-20-7-3-5-15(12-26-27-22(28)14-4-2-6-17(23)10-14)21(20)30-13-16-8-9-18(24)11-19(16)25/h2-12H,13H2,1H3,(H,27,28)/b26-12-. The zero-order chi connectivity index (χ0) is 21.5. The second-order valence-electron chi connectivity index (χ2n) is 6.11. The first-order chi connectivity index (χ1) is 14.5. The summed E-state index contributed by atoms with van der Waals surface area (Å²) >= 11 is 15.5. The highest BCUT2D eigenvalue weighted by atomic mass is 79.9. The van der Waals surface area contributed by atoms with Gasteiger partial charge in [0.15, 0.2) is 11.5 Å². The van der Waals surface area contributed by atoms with Gasteiger partial charge in [-0.05, 0) is 42.5 Å². The van der Waals surface area contributed by atoms with Crippen LogP contribution in [0.4, 0.5) is 0 Å². The van der Waals surface area contributed by atoms with Crippen molar-refractivity contribution in [2.75, 3.05) is 7.11 Å². The molecule has 1 N–H and O–H groups in total. The Labute approximate surface area is 192 Å². The van der Waals surface area contributed by atoms with E-state index >= 15 is 0 Å². The number of para-hydroxylation sites is 1. The molecule has 0 aliphatic heterocycles. The molecule has 8 heteroatoms. The Morgan fingerprint density at radius 2 is 1.93 bits per heavy atom. The molecule has 0 saturated heterocycles. The van der Waals surface area contributed by atoms with Gasteiger partial charge in [-0.25, -0.2) is 5.43 Å². The number of benzene rings is 3. The zero-order valence-electron chi connectivity index (χ0n) is 15.9. The molecule has 0 heterocycles. The molecule has 3 aromatic rings. The van der Waals surface area contributed by atoms with Gasteiger partial charge in [-0.2, -0.15) is 5.10 Å². The van der Waals surface area contributed by atoms with Crippen LogP contribution in [0, 0.1) is 0 Å². The van der Waals surface area contributed by atoms with Gasteiger partial charge in [0.05, 0.1) is 13.3 Å². The predicted molar refractivity (Wildman–Crippen MR) is 123 cm³/mol. The quantitative estimate of drug-likeness (QED) is 0.310. The number of nitrogens with one attached hydrogen (secondary N) is 1. The largest absolute Gasteiger partial charge is 0.493 e. The Morgan fingerprint density at radius 1 is 1.13 bits per heavy atom. The first-order valence-corrected chi connectivity index (χ1v) is 10.4. The summed E-state index contributed by atoms with van der Waals surface area (Å²) in [4.78, 5) is 12.2. The molecule has 0 aromatic heterocycles. The average Bonchev–Trinajstić information content (AvgIpc) is 2.73. The molecule has 3 aromatic carbocycles. The van der Waals surface area contributed by atoms with Gasteiger partial charge >= 0.3 is 0 Å². The fourth-order valence-corrected chi connectivity index (χ4v) is 3.46. The van der Waals surface area contributed by atoms with E-state index in [9.17, 15) is 4.79 Å². The van der Waals surface area contributed by atoms with Crippen LogP contribution in [-0.4, -0.2) is 19.2 Å². The van der Waals surface area contributed by atoms with E-state index in [-0.39, 0.29) is 12.5 Å². The Balaban J connectivity index is 1.76. The van der Waals surface area contributed by atoms with Crippen LogP contribution >= 0.6 is 39.1 Å². The molecule has 0 atom stereocenters. The van der Waals surface area contributed by atoms with Crippen LogP contribution in [0.25, 0.3) is 0 Å². The van der Waals surface area contributed by atoms with E-state index in [1.807, 2.05) is 6.07 Å². The Kier molecular flexibility index (Phi) is 7.74. The first kappa shape index (κ1) is 22.2. The van der Waals surface area contributed by atoms with E-state index in [1.165, 1.54) is 6.21 Å². The number of hydrogen-bond acceptors (Lipinski definition) is 4. The third-order valence-corrected chi connectivity index (χ3v) is 5.15. The number of methoxy groups -OCH3 is 1. The molecule has 3 rings (SSSR count). The van der Waals surface area contributed by atoms with Crippen molar-refractivity contribution in [2.45, 2.75) is 6.61 Å². The highest BCUT2D eigenvalue weighted by molar-refractivity contribution is 9.10. The summed E-state index contributed by atoms with van der Waals surface area (Å²) in [6.45, 7) is 0.210. The number of ether oxygens (including phenoxy) is 2. The van der Waals surface area contributed by atoms with Gasteiger partial charge in [0.25, 0.3) is 5.91 Å². The summed E-state index contributed by atoms with van der Waals surface area (Å²) in [7, 11) is 1.55. The van der Waals surface area contributed by atoms with Gasteiger partial charge in [-0.3, -0.25) is 4.79 Å². The van der Waals surface area contributed by atoms with Gasteiger partial charge in [-0.15, -0.1) is 0 Å². The number of rotatable bonds is 7. The molecule has 0 bridgehead atoms. The predicted octanol–water partition coefficient (Wildman–Crippen LogP) is 6.11. The van der Waals surface area contributed by atoms with Crippen LogP contribution < -0.4 is 14.9 Å². The van der Waals surface area contributed by atoms with Crippen molar-refractivity contribution in [1.29, 1.82) is 0 Å². The fraction of sp³-hybridized carbons (Fsp3) is 0.0909. The summed E-state index contributed by atoms with van der Waals surface area (Å²) < 4.78 is 12.2. The summed E-state index contributed by atoms with van der Waals surface area (Å²) in [5.74, 6) is 0.680. The minimum atomic E-state index is -0.328. The molecule has 154 valence electrons. The van der Waals surface area contributed by atoms with E-state index < -0.39 is 0 Å². The maximum atomic E-state index is 12.2. The van der Waals surface area contributed by atoms with E-state index in [1.54, 1.807) is 61.7 Å². The van der Waals surface area contributed by atoms with Crippen LogP contribution in [0.2, 0.25) is 10.0 Å². The van der Waals surface area contributed by atoms with Crippen molar-refractivity contribution in [3.8, 4) is 11.5 Å². The molecular weight excluding hydrogens is 491 g/mol. The van der Waals surface area contributed by atoms with Crippen molar-refractivity contribution in [3.05, 3.63) is 91.9 Å². The fourth-order valence-electron chi connectivity index (χ4n) is 2.59. The lowest BCUT2D eigenvalue weighted by atomic mass is 10.2. The Hall–Kier alpha value is -2.54. The molecule has 0 saturated carbocycles. The van der Waals surface area contributed by atoms with E-state index in [4.69, 9.17) is 32.7 Å². The van der Waals surface area contributed by atoms with Gasteiger partial charge in [0.2, 0.25) is 0 Å². The van der Waals surface area contributed by atoms with Gasteiger partial charge in [0, 0.05) is 31.2 Å². The van der Waals surface area contributed by atoms with E-state index in [0.29, 0.717) is 32.7 Å². The molecule has 5 nitrogen and oxygen atoms in total. The van der Waals surface area contributed by atoms with Crippen LogP contribution in [0.3, 0.4) is 0 Å². The van der Waals surface area contributed by atoms with E-state index in [2.05, 4.69) is 26.5 Å². The van der Waals surface area contributed by atoms with Crippen LogP contribution in [0.15, 0.2) is 70.2 Å². The van der Waals surface area contributed by atoms with Gasteiger partial charge in [0.1, 0.15) is 6.61 Å². The molecule has 1 amide bonds. The first-order valence-electron chi connectivity index (χ1n) is 8.80. The lowest BCUT2D eigenvalue weighted by Gasteiger charge is -2.14. The smallest absolute Gasteiger partial charge is 0.271 e. The van der Waals surface area contributed by atoms with Crippen LogP contribution in [-0.2, 0) is 6.61 Å². The van der Waals surface area contributed by atoms with Crippen molar-refractivity contribution < 1.29 is 14.3 Å². The topological polar surface area (TPSA) is 59.9 Å². The second kappa shape index (κ2) is 10.5. The molecule has 0 fully saturated rings. The van der Waals surface area contributed by atoms with Gasteiger partial charge in [-0.1, -0.05) is 57.3 Å². The molecule has 0 unspecified atom stereocenters. The number of hydrazone groups is 1. The van der Waals surface area contributed by atoms with Crippen LogP contribution in [0.1, 0.15) is 21.5 Å². The van der Waals surface area contributed by atoms with Crippen molar-refractivity contribution in [1.82, 2.24) is 5.43 Å². The summed E-state index contributed by atoms with van der Waals surface area (Å²) in [5.41, 5.74) is 4.40. The molecule has 0 radical (unpaired) electrons. The minimum absolute atomic E-state index is 0.210. The summed E-state index contributed by atoms with van der Waals surface area (Å²) in [6, 6.07) is 17.6. The monoisotopic (exact) mass is 506 g/mol. The molecular formula is C22H17BrCl2N2O3. The maximum absolute atomic E-state index is 12.2. The van der Waals surface area contributed by atoms with Crippen LogP contribution in [0.5, 0.6) is 11.5 Å². The molecule has 0 aliphatic rings. The number of nitrogens with zero attached hydrogens (tertiary/aromatic N) is 1. The van der Waals surface area contributed by atoms with Gasteiger partial charge < -0.3 is 9.47 Å². The maximum Gasteiger partial charge on any atom is 0.271 e. The SMILES string of the molecule is COc1cccc(/C=N\NC(=O)c2cccc(Br)c2)c1OCc1ccc(Cl)cc1Cl. The number of halogens is 3. The number of carbonyl (C=O) groups excluding carboxylic acids is 1. The third-order valence-electron chi connectivity index (χ3n) is 4.07. The normalized spacial score (nSPS) is 10.8. The average molecular weight is 508 g/mol. The lowest BCUT2D eigenvalue weighted by molar-refractivity contribution is 0.0955. The number of amides is 1. The number of hydrogen-bond donors (Lipinski definition) is 1. The zero-order valence-corrected chi connectivity index (χ0v) is 19.0. The van der Waals surface area contributed by atoms with Crippen molar-refractivity contribution in [2.24, 2.45) is 5.10 Å². The lowest BCUT2D eigenvalue weighted by Crippen LogP contribution is -2.17. The molecule has 0 spiro atoms. The van der Waals surface area contributed by atoms with Crippen molar-refractivity contribution >= 4 is 51.3 Å². The van der Waals surface area contributed by atoms with Crippen molar-refractivity contribution in [3.63, 3.8) is 0 Å². The second-order valence-corrected chi connectivity index (χ2v) is 7.87. The van der Waals surface area contributed by atoms with E-state index in [0.717, 1.165) is 10.0 Å². The Bertz CT molecular complexity index is 1090.